The second kappa shape index (κ2) is 9.88. The average molecular weight is 273 g/mol. The first-order chi connectivity index (χ1) is 8.24. The molecule has 0 spiro atoms. The van der Waals surface area contributed by atoms with E-state index < -0.39 is 0 Å². The molecular formula is C13H21ClN2O2. The van der Waals surface area contributed by atoms with Crippen LogP contribution in [0.1, 0.15) is 5.56 Å². The van der Waals surface area contributed by atoms with Crippen LogP contribution in [0.25, 0.3) is 0 Å². The van der Waals surface area contributed by atoms with E-state index in [0.717, 1.165) is 12.1 Å². The summed E-state index contributed by atoms with van der Waals surface area (Å²) in [6.07, 6.45) is 0. The lowest BCUT2D eigenvalue weighted by Gasteiger charge is -2.16. The number of carbonyl (C=O) groups is 1. The van der Waals surface area contributed by atoms with E-state index in [9.17, 15) is 4.79 Å². The summed E-state index contributed by atoms with van der Waals surface area (Å²) < 4.78 is 5.37. The predicted molar refractivity (Wildman–Crippen MR) is 74.9 cm³/mol. The first-order valence-corrected chi connectivity index (χ1v) is 5.74. The number of likely N-dealkylation sites (N-methyl/N-ethyl adjacent to an activating group) is 2. The Morgan fingerprint density at radius 3 is 2.61 bits per heavy atom. The summed E-state index contributed by atoms with van der Waals surface area (Å²) in [6.45, 7) is 2.10. The molecule has 0 saturated carbocycles. The highest BCUT2D eigenvalue weighted by molar-refractivity contribution is 5.85. The summed E-state index contributed by atoms with van der Waals surface area (Å²) >= 11 is 0. The Kier molecular flexibility index (Phi) is 9.28. The molecule has 1 aromatic carbocycles. The molecule has 0 aliphatic rings. The van der Waals surface area contributed by atoms with Crippen LogP contribution in [0, 0.1) is 0 Å². The number of hydrogen-bond acceptors (Lipinski definition) is 3. The van der Waals surface area contributed by atoms with Gasteiger partial charge in [-0.05, 0) is 12.6 Å². The van der Waals surface area contributed by atoms with E-state index in [-0.39, 0.29) is 24.9 Å². The number of nitrogens with one attached hydrogen (secondary N) is 1. The van der Waals surface area contributed by atoms with Gasteiger partial charge < -0.3 is 15.0 Å². The normalized spacial score (nSPS) is 9.67. The van der Waals surface area contributed by atoms with E-state index in [1.165, 1.54) is 0 Å². The summed E-state index contributed by atoms with van der Waals surface area (Å²) in [5, 5.41) is 3.00. The smallest absolute Gasteiger partial charge is 0.248 e. The van der Waals surface area contributed by atoms with Crippen LogP contribution in [0.3, 0.4) is 0 Å². The van der Waals surface area contributed by atoms with E-state index in [1.807, 2.05) is 37.4 Å². The molecule has 4 nitrogen and oxygen atoms in total. The van der Waals surface area contributed by atoms with Gasteiger partial charge in [-0.2, -0.15) is 0 Å². The van der Waals surface area contributed by atoms with Crippen molar-refractivity contribution in [3.05, 3.63) is 35.9 Å². The summed E-state index contributed by atoms with van der Waals surface area (Å²) in [5.74, 6) is 0.0104. The summed E-state index contributed by atoms with van der Waals surface area (Å²) in [5.41, 5.74) is 1.08. The third-order valence-electron chi connectivity index (χ3n) is 2.46. The highest BCUT2D eigenvalue weighted by Gasteiger charge is 2.07. The van der Waals surface area contributed by atoms with Crippen molar-refractivity contribution in [1.82, 2.24) is 10.2 Å². The van der Waals surface area contributed by atoms with Crippen molar-refractivity contribution in [1.29, 1.82) is 0 Å². The Morgan fingerprint density at radius 1 is 1.33 bits per heavy atom. The van der Waals surface area contributed by atoms with Crippen LogP contribution in [0.5, 0.6) is 0 Å². The standard InChI is InChI=1S/C13H20N2O2.ClH/c1-14-8-9-15(2)13(16)11-17-10-12-6-4-3-5-7-12;/h3-7,14H,8-11H2,1-2H3;1H. The van der Waals surface area contributed by atoms with Crippen LogP contribution in [0.2, 0.25) is 0 Å². The molecule has 1 aromatic rings. The van der Waals surface area contributed by atoms with Crippen molar-refractivity contribution in [2.24, 2.45) is 0 Å². The van der Waals surface area contributed by atoms with Crippen LogP contribution in [0.4, 0.5) is 0 Å². The van der Waals surface area contributed by atoms with Gasteiger partial charge in [0.15, 0.2) is 0 Å². The van der Waals surface area contributed by atoms with Gasteiger partial charge in [-0.15, -0.1) is 12.4 Å². The number of hydrogen-bond donors (Lipinski definition) is 1. The minimum Gasteiger partial charge on any atom is -0.367 e. The van der Waals surface area contributed by atoms with Gasteiger partial charge in [0.2, 0.25) is 5.91 Å². The zero-order chi connectivity index (χ0) is 12.5. The molecule has 0 atom stereocenters. The molecule has 0 bridgehead atoms. The van der Waals surface area contributed by atoms with Gasteiger partial charge in [-0.1, -0.05) is 30.3 Å². The lowest BCUT2D eigenvalue weighted by molar-refractivity contribution is -0.135. The maximum Gasteiger partial charge on any atom is 0.248 e. The minimum absolute atomic E-state index is 0. The van der Waals surface area contributed by atoms with Crippen molar-refractivity contribution in [2.75, 3.05) is 33.8 Å². The zero-order valence-corrected chi connectivity index (χ0v) is 11.7. The SMILES string of the molecule is CNCCN(C)C(=O)COCc1ccccc1.Cl. The molecule has 0 aliphatic carbocycles. The van der Waals surface area contributed by atoms with Crippen molar-refractivity contribution in [2.45, 2.75) is 6.61 Å². The Labute approximate surface area is 115 Å². The number of carbonyl (C=O) groups excluding carboxylic acids is 1. The fourth-order valence-corrected chi connectivity index (χ4v) is 1.34. The minimum atomic E-state index is 0. The maximum absolute atomic E-state index is 11.6. The van der Waals surface area contributed by atoms with Crippen molar-refractivity contribution in [3.8, 4) is 0 Å². The molecule has 102 valence electrons. The summed E-state index contributed by atoms with van der Waals surface area (Å²) in [6, 6.07) is 9.84. The highest BCUT2D eigenvalue weighted by Crippen LogP contribution is 2.00. The number of ether oxygens (including phenoxy) is 1. The van der Waals surface area contributed by atoms with Crippen LogP contribution < -0.4 is 5.32 Å². The fourth-order valence-electron chi connectivity index (χ4n) is 1.34. The van der Waals surface area contributed by atoms with Crippen LogP contribution >= 0.6 is 12.4 Å². The Hall–Kier alpha value is -1.10. The van der Waals surface area contributed by atoms with E-state index in [1.54, 1.807) is 11.9 Å². The molecule has 0 unspecified atom stereocenters. The number of amides is 1. The molecular weight excluding hydrogens is 252 g/mol. The van der Waals surface area contributed by atoms with Crippen LogP contribution in [0.15, 0.2) is 30.3 Å². The van der Waals surface area contributed by atoms with E-state index in [4.69, 9.17) is 4.74 Å². The number of nitrogens with zero attached hydrogens (tertiary/aromatic N) is 1. The third-order valence-corrected chi connectivity index (χ3v) is 2.46. The molecule has 0 radical (unpaired) electrons. The molecule has 1 N–H and O–H groups in total. The number of rotatable bonds is 7. The Bertz CT molecular complexity index is 333. The molecule has 5 heteroatoms. The molecule has 0 aliphatic heterocycles. The van der Waals surface area contributed by atoms with Crippen molar-refractivity contribution in [3.63, 3.8) is 0 Å². The molecule has 0 saturated heterocycles. The Balaban J connectivity index is 0.00000289. The van der Waals surface area contributed by atoms with E-state index in [2.05, 4.69) is 5.32 Å². The lowest BCUT2D eigenvalue weighted by Crippen LogP contribution is -2.35. The number of benzene rings is 1. The van der Waals surface area contributed by atoms with Gasteiger partial charge >= 0.3 is 0 Å². The monoisotopic (exact) mass is 272 g/mol. The topological polar surface area (TPSA) is 41.6 Å². The van der Waals surface area contributed by atoms with Crippen LogP contribution in [-0.4, -0.2) is 44.6 Å². The number of halogens is 1. The zero-order valence-electron chi connectivity index (χ0n) is 10.9. The second-order valence-electron chi connectivity index (χ2n) is 3.90. The van der Waals surface area contributed by atoms with Gasteiger partial charge in [-0.3, -0.25) is 4.79 Å². The van der Waals surface area contributed by atoms with Gasteiger partial charge in [0.1, 0.15) is 6.61 Å². The van der Waals surface area contributed by atoms with Crippen molar-refractivity contribution < 1.29 is 9.53 Å². The quantitative estimate of drug-likeness (QED) is 0.814. The maximum atomic E-state index is 11.6. The molecule has 0 heterocycles. The van der Waals surface area contributed by atoms with Gasteiger partial charge in [-0.25, -0.2) is 0 Å². The van der Waals surface area contributed by atoms with E-state index in [0.29, 0.717) is 13.2 Å². The fraction of sp³-hybridized carbons (Fsp3) is 0.462. The first-order valence-electron chi connectivity index (χ1n) is 5.74. The summed E-state index contributed by atoms with van der Waals surface area (Å²) in [7, 11) is 3.65. The largest absolute Gasteiger partial charge is 0.367 e. The highest BCUT2D eigenvalue weighted by atomic mass is 35.5. The third kappa shape index (κ3) is 6.59. The molecule has 0 fully saturated rings. The molecule has 0 aromatic heterocycles. The first kappa shape index (κ1) is 16.9. The lowest BCUT2D eigenvalue weighted by atomic mass is 10.2. The van der Waals surface area contributed by atoms with Crippen molar-refractivity contribution >= 4 is 18.3 Å². The van der Waals surface area contributed by atoms with Gasteiger partial charge in [0, 0.05) is 20.1 Å². The Morgan fingerprint density at radius 2 is 2.00 bits per heavy atom. The van der Waals surface area contributed by atoms with E-state index >= 15 is 0 Å². The summed E-state index contributed by atoms with van der Waals surface area (Å²) in [4.78, 5) is 13.3. The molecule has 1 rings (SSSR count). The molecule has 18 heavy (non-hydrogen) atoms. The molecule has 1 amide bonds. The second-order valence-corrected chi connectivity index (χ2v) is 3.90. The predicted octanol–water partition coefficient (Wildman–Crippen LogP) is 1.30. The average Bonchev–Trinajstić information content (AvgIpc) is 2.37. The van der Waals surface area contributed by atoms with Crippen LogP contribution in [-0.2, 0) is 16.1 Å². The van der Waals surface area contributed by atoms with Gasteiger partial charge in [0.05, 0.1) is 6.61 Å². The van der Waals surface area contributed by atoms with Gasteiger partial charge in [0.25, 0.3) is 0 Å².